The van der Waals surface area contributed by atoms with E-state index in [0.29, 0.717) is 23.1 Å². The van der Waals surface area contributed by atoms with Crippen molar-refractivity contribution in [3.63, 3.8) is 0 Å². The van der Waals surface area contributed by atoms with E-state index in [1.807, 2.05) is 37.3 Å². The molecular weight excluding hydrogens is 350 g/mol. The topological polar surface area (TPSA) is 55.4 Å². The van der Waals surface area contributed by atoms with Gasteiger partial charge in [-0.05, 0) is 37.3 Å². The average Bonchev–Trinajstić information content (AvgIpc) is 3.28. The van der Waals surface area contributed by atoms with Crippen molar-refractivity contribution < 1.29 is 13.6 Å². The quantitative estimate of drug-likeness (QED) is 0.513. The Kier molecular flexibility index (Phi) is 4.27. The Bertz CT molecular complexity index is 1060. The van der Waals surface area contributed by atoms with Crippen LogP contribution in [-0.4, -0.2) is 5.91 Å². The highest BCUT2D eigenvalue weighted by molar-refractivity contribution is 6.31. The zero-order valence-electron chi connectivity index (χ0n) is 14.1. The number of benzene rings is 2. The maximum atomic E-state index is 12.7. The summed E-state index contributed by atoms with van der Waals surface area (Å²) in [5, 5.41) is 4.95. The Labute approximate surface area is 155 Å². The van der Waals surface area contributed by atoms with E-state index < -0.39 is 0 Å². The van der Waals surface area contributed by atoms with Crippen LogP contribution in [0.4, 0.5) is 0 Å². The van der Waals surface area contributed by atoms with E-state index in [0.717, 1.165) is 21.9 Å². The number of hydrogen-bond acceptors (Lipinski definition) is 3. The molecule has 0 saturated carbocycles. The van der Waals surface area contributed by atoms with Crippen LogP contribution in [-0.2, 0) is 6.54 Å². The highest BCUT2D eigenvalue weighted by Crippen LogP contribution is 2.35. The smallest absolute Gasteiger partial charge is 0.288 e. The summed E-state index contributed by atoms with van der Waals surface area (Å²) in [5.41, 5.74) is 2.05. The van der Waals surface area contributed by atoms with Gasteiger partial charge in [0.15, 0.2) is 5.76 Å². The second-order valence-corrected chi connectivity index (χ2v) is 6.51. The molecule has 0 aliphatic carbocycles. The summed E-state index contributed by atoms with van der Waals surface area (Å²) >= 11 is 6.17. The maximum Gasteiger partial charge on any atom is 0.288 e. The molecule has 0 fully saturated rings. The van der Waals surface area contributed by atoms with Gasteiger partial charge in [-0.3, -0.25) is 4.79 Å². The number of nitrogens with one attached hydrogen (secondary N) is 1. The van der Waals surface area contributed by atoms with Gasteiger partial charge in [-0.15, -0.1) is 0 Å². The number of carbonyl (C=O) groups excluding carboxylic acids is 1. The van der Waals surface area contributed by atoms with Gasteiger partial charge in [-0.1, -0.05) is 41.4 Å². The zero-order chi connectivity index (χ0) is 18.1. The molecular formula is C21H16ClNO3. The van der Waals surface area contributed by atoms with E-state index >= 15 is 0 Å². The SMILES string of the molecule is Cc1ccc(-c2oc(C(=O)NCc3ccco3)c3ccc(Cl)cc23)cc1. The maximum absolute atomic E-state index is 12.7. The van der Waals surface area contributed by atoms with Crippen molar-refractivity contribution in [2.24, 2.45) is 0 Å². The fourth-order valence-electron chi connectivity index (χ4n) is 2.86. The summed E-state index contributed by atoms with van der Waals surface area (Å²) in [4.78, 5) is 12.7. The van der Waals surface area contributed by atoms with Gasteiger partial charge >= 0.3 is 0 Å². The van der Waals surface area contributed by atoms with Crippen LogP contribution in [0.15, 0.2) is 69.7 Å². The monoisotopic (exact) mass is 365 g/mol. The number of carbonyl (C=O) groups is 1. The van der Waals surface area contributed by atoms with Gasteiger partial charge in [0.05, 0.1) is 12.8 Å². The lowest BCUT2D eigenvalue weighted by Gasteiger charge is -2.01. The third-order valence-corrected chi connectivity index (χ3v) is 4.43. The molecule has 4 aromatic rings. The highest BCUT2D eigenvalue weighted by atomic mass is 35.5. The molecule has 5 heteroatoms. The van der Waals surface area contributed by atoms with Crippen molar-refractivity contribution in [2.45, 2.75) is 13.5 Å². The van der Waals surface area contributed by atoms with E-state index in [1.54, 1.807) is 30.5 Å². The Morgan fingerprint density at radius 1 is 1.08 bits per heavy atom. The normalized spacial score (nSPS) is 11.0. The summed E-state index contributed by atoms with van der Waals surface area (Å²) < 4.78 is 11.2. The minimum absolute atomic E-state index is 0.263. The molecule has 0 aliphatic rings. The number of hydrogen-bond donors (Lipinski definition) is 1. The Morgan fingerprint density at radius 2 is 1.88 bits per heavy atom. The van der Waals surface area contributed by atoms with Crippen molar-refractivity contribution in [2.75, 3.05) is 0 Å². The Morgan fingerprint density at radius 3 is 2.62 bits per heavy atom. The number of halogens is 1. The summed E-state index contributed by atoms with van der Waals surface area (Å²) in [6, 6.07) is 16.9. The second-order valence-electron chi connectivity index (χ2n) is 6.08. The van der Waals surface area contributed by atoms with Crippen LogP contribution in [0.25, 0.3) is 22.1 Å². The second kappa shape index (κ2) is 6.73. The minimum atomic E-state index is -0.299. The van der Waals surface area contributed by atoms with E-state index in [1.165, 1.54) is 0 Å². The summed E-state index contributed by atoms with van der Waals surface area (Å²) in [6.45, 7) is 2.32. The van der Waals surface area contributed by atoms with Crippen LogP contribution in [0, 0.1) is 6.92 Å². The van der Waals surface area contributed by atoms with Gasteiger partial charge in [-0.25, -0.2) is 0 Å². The summed E-state index contributed by atoms with van der Waals surface area (Å²) in [5.74, 6) is 1.27. The molecule has 26 heavy (non-hydrogen) atoms. The molecule has 1 amide bonds. The number of fused-ring (bicyclic) bond motifs is 1. The van der Waals surface area contributed by atoms with Gasteiger partial charge in [-0.2, -0.15) is 0 Å². The average molecular weight is 366 g/mol. The Balaban J connectivity index is 1.75. The van der Waals surface area contributed by atoms with Gasteiger partial charge < -0.3 is 14.2 Å². The fourth-order valence-corrected chi connectivity index (χ4v) is 3.04. The van der Waals surface area contributed by atoms with Crippen LogP contribution in [0.2, 0.25) is 5.02 Å². The van der Waals surface area contributed by atoms with Crippen LogP contribution < -0.4 is 5.32 Å². The van der Waals surface area contributed by atoms with E-state index in [4.69, 9.17) is 20.4 Å². The lowest BCUT2D eigenvalue weighted by molar-refractivity contribution is 0.0923. The predicted octanol–water partition coefficient (Wildman–Crippen LogP) is 5.58. The predicted molar refractivity (Wildman–Crippen MR) is 101 cm³/mol. The molecule has 0 atom stereocenters. The molecule has 0 aliphatic heterocycles. The molecule has 2 aromatic carbocycles. The first-order valence-electron chi connectivity index (χ1n) is 8.21. The molecule has 4 nitrogen and oxygen atoms in total. The number of aryl methyl sites for hydroxylation is 1. The lowest BCUT2D eigenvalue weighted by Crippen LogP contribution is -2.22. The standard InChI is InChI=1S/C21H16ClNO3/c1-13-4-6-14(7-5-13)19-18-11-15(22)8-9-17(18)20(26-19)21(24)23-12-16-3-2-10-25-16/h2-11H,12H2,1H3,(H,23,24). The number of amides is 1. The molecule has 0 unspecified atom stereocenters. The molecule has 0 radical (unpaired) electrons. The van der Waals surface area contributed by atoms with Gasteiger partial charge in [0, 0.05) is 21.4 Å². The van der Waals surface area contributed by atoms with Crippen molar-refractivity contribution in [3.8, 4) is 11.3 Å². The lowest BCUT2D eigenvalue weighted by atomic mass is 10.1. The highest BCUT2D eigenvalue weighted by Gasteiger charge is 2.20. The fraction of sp³-hybridized carbons (Fsp3) is 0.0952. The molecule has 0 spiro atoms. The largest absolute Gasteiger partial charge is 0.467 e. The van der Waals surface area contributed by atoms with Gasteiger partial charge in [0.2, 0.25) is 0 Å². The first-order chi connectivity index (χ1) is 12.6. The number of rotatable bonds is 4. The zero-order valence-corrected chi connectivity index (χ0v) is 14.8. The molecule has 2 aromatic heterocycles. The van der Waals surface area contributed by atoms with Crippen LogP contribution >= 0.6 is 11.6 Å². The van der Waals surface area contributed by atoms with Crippen LogP contribution in [0.3, 0.4) is 0 Å². The first-order valence-corrected chi connectivity index (χ1v) is 8.59. The van der Waals surface area contributed by atoms with E-state index in [9.17, 15) is 4.79 Å². The van der Waals surface area contributed by atoms with Crippen molar-refractivity contribution >= 4 is 28.3 Å². The Hall–Kier alpha value is -2.98. The van der Waals surface area contributed by atoms with Crippen LogP contribution in [0.5, 0.6) is 0 Å². The van der Waals surface area contributed by atoms with E-state index in [2.05, 4.69) is 5.32 Å². The van der Waals surface area contributed by atoms with Crippen molar-refractivity contribution in [3.05, 3.63) is 83.0 Å². The minimum Gasteiger partial charge on any atom is -0.467 e. The molecule has 0 saturated heterocycles. The first kappa shape index (κ1) is 16.5. The third-order valence-electron chi connectivity index (χ3n) is 4.20. The van der Waals surface area contributed by atoms with Gasteiger partial charge in [0.25, 0.3) is 5.91 Å². The summed E-state index contributed by atoms with van der Waals surface area (Å²) in [6.07, 6.45) is 1.57. The molecule has 0 bridgehead atoms. The molecule has 2 heterocycles. The van der Waals surface area contributed by atoms with Crippen molar-refractivity contribution in [1.82, 2.24) is 5.32 Å². The molecule has 1 N–H and O–H groups in total. The van der Waals surface area contributed by atoms with Crippen LogP contribution in [0.1, 0.15) is 21.9 Å². The third kappa shape index (κ3) is 3.11. The van der Waals surface area contributed by atoms with E-state index in [-0.39, 0.29) is 11.7 Å². The molecule has 130 valence electrons. The van der Waals surface area contributed by atoms with Crippen molar-refractivity contribution in [1.29, 1.82) is 0 Å². The van der Waals surface area contributed by atoms with Gasteiger partial charge in [0.1, 0.15) is 11.5 Å². The molecule has 4 rings (SSSR count). The summed E-state index contributed by atoms with van der Waals surface area (Å²) in [7, 11) is 0. The number of furan rings is 2.